The molecular formula is C21H19N3. The molecule has 2 N–H and O–H groups in total. The van der Waals surface area contributed by atoms with Crippen LogP contribution in [0.5, 0.6) is 0 Å². The predicted molar refractivity (Wildman–Crippen MR) is 98.4 cm³/mol. The minimum atomic E-state index is 0.275. The van der Waals surface area contributed by atoms with Gasteiger partial charge in [0.1, 0.15) is 17.5 Å². The molecule has 0 saturated carbocycles. The number of nitrogens with two attached hydrogens (primary N) is 1. The zero-order valence-electron chi connectivity index (χ0n) is 14.1. The van der Waals surface area contributed by atoms with Crippen LogP contribution in [0.4, 0.5) is 5.82 Å². The topological polar surface area (TPSA) is 62.7 Å². The molecule has 0 aliphatic rings. The van der Waals surface area contributed by atoms with E-state index in [4.69, 9.17) is 5.73 Å². The van der Waals surface area contributed by atoms with E-state index in [9.17, 15) is 5.26 Å². The van der Waals surface area contributed by atoms with Gasteiger partial charge in [-0.15, -0.1) is 0 Å². The number of nitriles is 1. The fourth-order valence-corrected chi connectivity index (χ4v) is 2.99. The molecular weight excluding hydrogens is 294 g/mol. The van der Waals surface area contributed by atoms with Crippen molar-refractivity contribution >= 4 is 5.82 Å². The second-order valence-corrected chi connectivity index (χ2v) is 6.01. The summed E-state index contributed by atoms with van der Waals surface area (Å²) in [5.74, 6) is 0.275. The molecule has 2 aromatic carbocycles. The van der Waals surface area contributed by atoms with Crippen LogP contribution in [-0.4, -0.2) is 4.98 Å². The Morgan fingerprint density at radius 2 is 1.62 bits per heavy atom. The standard InChI is InChI=1S/C21H19N3/c1-13-8-10-16(11-9-13)20-15(3)19(18(12-22)21(23)24-20)17-7-5-4-6-14(17)2/h4-11H,1-3H3,(H2,23,24). The summed E-state index contributed by atoms with van der Waals surface area (Å²) in [6.07, 6.45) is 0. The van der Waals surface area contributed by atoms with E-state index in [1.807, 2.05) is 50.2 Å². The Morgan fingerprint density at radius 1 is 0.958 bits per heavy atom. The summed E-state index contributed by atoms with van der Waals surface area (Å²) in [5.41, 5.74) is 13.6. The maximum atomic E-state index is 9.60. The summed E-state index contributed by atoms with van der Waals surface area (Å²) in [6.45, 7) is 6.10. The lowest BCUT2D eigenvalue weighted by Gasteiger charge is -2.16. The molecule has 0 aliphatic heterocycles. The van der Waals surface area contributed by atoms with Gasteiger partial charge < -0.3 is 5.73 Å². The molecule has 1 aromatic heterocycles. The fraction of sp³-hybridized carbons (Fsp3) is 0.143. The molecule has 3 nitrogen and oxygen atoms in total. The molecule has 3 aromatic rings. The van der Waals surface area contributed by atoms with Crippen LogP contribution in [-0.2, 0) is 0 Å². The zero-order valence-corrected chi connectivity index (χ0v) is 14.1. The molecule has 0 fully saturated rings. The number of nitrogens with zero attached hydrogens (tertiary/aromatic N) is 2. The molecule has 0 bridgehead atoms. The molecule has 24 heavy (non-hydrogen) atoms. The van der Waals surface area contributed by atoms with Gasteiger partial charge in [0, 0.05) is 11.1 Å². The summed E-state index contributed by atoms with van der Waals surface area (Å²) < 4.78 is 0. The molecule has 0 amide bonds. The Kier molecular flexibility index (Phi) is 4.05. The Hall–Kier alpha value is -3.12. The molecule has 3 rings (SSSR count). The van der Waals surface area contributed by atoms with E-state index >= 15 is 0 Å². The molecule has 0 saturated heterocycles. The molecule has 0 spiro atoms. The van der Waals surface area contributed by atoms with Crippen LogP contribution in [0.2, 0.25) is 0 Å². The van der Waals surface area contributed by atoms with Gasteiger partial charge in [-0.05, 0) is 37.5 Å². The van der Waals surface area contributed by atoms with Crippen LogP contribution in [0.25, 0.3) is 22.4 Å². The van der Waals surface area contributed by atoms with Gasteiger partial charge in [0.15, 0.2) is 0 Å². The van der Waals surface area contributed by atoms with Gasteiger partial charge in [0.05, 0.1) is 5.69 Å². The van der Waals surface area contributed by atoms with Crippen LogP contribution in [0, 0.1) is 32.1 Å². The number of hydrogen-bond donors (Lipinski definition) is 1. The highest BCUT2D eigenvalue weighted by Gasteiger charge is 2.19. The quantitative estimate of drug-likeness (QED) is 0.739. The van der Waals surface area contributed by atoms with E-state index in [0.29, 0.717) is 5.56 Å². The van der Waals surface area contributed by atoms with Crippen molar-refractivity contribution in [1.82, 2.24) is 4.98 Å². The molecule has 0 aliphatic carbocycles. The van der Waals surface area contributed by atoms with E-state index in [0.717, 1.165) is 33.5 Å². The van der Waals surface area contributed by atoms with Gasteiger partial charge in [0.25, 0.3) is 0 Å². The van der Waals surface area contributed by atoms with E-state index in [-0.39, 0.29) is 5.82 Å². The summed E-state index contributed by atoms with van der Waals surface area (Å²) in [7, 11) is 0. The minimum absolute atomic E-state index is 0.275. The van der Waals surface area contributed by atoms with Gasteiger partial charge >= 0.3 is 0 Å². The van der Waals surface area contributed by atoms with Gasteiger partial charge in [-0.3, -0.25) is 0 Å². The van der Waals surface area contributed by atoms with Gasteiger partial charge in [0.2, 0.25) is 0 Å². The molecule has 3 heteroatoms. The average Bonchev–Trinajstić information content (AvgIpc) is 2.58. The number of benzene rings is 2. The van der Waals surface area contributed by atoms with E-state index in [2.05, 4.69) is 30.1 Å². The van der Waals surface area contributed by atoms with Gasteiger partial charge in [-0.25, -0.2) is 4.98 Å². The lowest BCUT2D eigenvalue weighted by atomic mass is 9.90. The Labute approximate surface area is 142 Å². The van der Waals surface area contributed by atoms with Crippen molar-refractivity contribution in [2.75, 3.05) is 5.73 Å². The number of rotatable bonds is 2. The highest BCUT2D eigenvalue weighted by Crippen LogP contribution is 2.37. The van der Waals surface area contributed by atoms with Gasteiger partial charge in [-0.1, -0.05) is 54.1 Å². The number of nitrogen functional groups attached to an aromatic ring is 1. The maximum absolute atomic E-state index is 9.60. The van der Waals surface area contributed by atoms with Crippen LogP contribution >= 0.6 is 0 Å². The highest BCUT2D eigenvalue weighted by molar-refractivity contribution is 5.85. The Morgan fingerprint density at radius 3 is 2.25 bits per heavy atom. The van der Waals surface area contributed by atoms with Crippen molar-refractivity contribution in [2.45, 2.75) is 20.8 Å². The largest absolute Gasteiger partial charge is 0.383 e. The second-order valence-electron chi connectivity index (χ2n) is 6.01. The first kappa shape index (κ1) is 15.8. The first-order chi connectivity index (χ1) is 11.5. The SMILES string of the molecule is Cc1ccc(-c2nc(N)c(C#N)c(-c3ccccc3C)c2C)cc1. The van der Waals surface area contributed by atoms with Crippen LogP contribution in [0.15, 0.2) is 48.5 Å². The third kappa shape index (κ3) is 2.63. The van der Waals surface area contributed by atoms with Crippen molar-refractivity contribution in [1.29, 1.82) is 5.26 Å². The number of aromatic nitrogens is 1. The number of aryl methyl sites for hydroxylation is 2. The van der Waals surface area contributed by atoms with E-state index in [1.54, 1.807) is 0 Å². The van der Waals surface area contributed by atoms with E-state index in [1.165, 1.54) is 5.56 Å². The monoisotopic (exact) mass is 313 g/mol. The molecule has 0 radical (unpaired) electrons. The number of pyridine rings is 1. The molecule has 0 unspecified atom stereocenters. The minimum Gasteiger partial charge on any atom is -0.383 e. The van der Waals surface area contributed by atoms with Crippen molar-refractivity contribution < 1.29 is 0 Å². The van der Waals surface area contributed by atoms with Crippen LogP contribution in [0.3, 0.4) is 0 Å². The van der Waals surface area contributed by atoms with Crippen LogP contribution < -0.4 is 5.73 Å². The molecule has 0 atom stereocenters. The zero-order chi connectivity index (χ0) is 17.3. The van der Waals surface area contributed by atoms with Crippen molar-refractivity contribution in [3.8, 4) is 28.5 Å². The molecule has 1 heterocycles. The number of anilines is 1. The summed E-state index contributed by atoms with van der Waals surface area (Å²) in [4.78, 5) is 4.51. The lowest BCUT2D eigenvalue weighted by molar-refractivity contribution is 1.25. The average molecular weight is 313 g/mol. The third-order valence-corrected chi connectivity index (χ3v) is 4.32. The Balaban J connectivity index is 2.34. The predicted octanol–water partition coefficient (Wildman–Crippen LogP) is 4.79. The maximum Gasteiger partial charge on any atom is 0.142 e. The summed E-state index contributed by atoms with van der Waals surface area (Å²) >= 11 is 0. The van der Waals surface area contributed by atoms with Crippen LogP contribution in [0.1, 0.15) is 22.3 Å². The van der Waals surface area contributed by atoms with Crippen molar-refractivity contribution in [3.63, 3.8) is 0 Å². The summed E-state index contributed by atoms with van der Waals surface area (Å²) in [5, 5.41) is 9.60. The lowest BCUT2D eigenvalue weighted by Crippen LogP contribution is -2.04. The first-order valence-corrected chi connectivity index (χ1v) is 7.86. The Bertz CT molecular complexity index is 948. The first-order valence-electron chi connectivity index (χ1n) is 7.86. The highest BCUT2D eigenvalue weighted by atomic mass is 14.9. The second kappa shape index (κ2) is 6.17. The smallest absolute Gasteiger partial charge is 0.142 e. The molecule has 118 valence electrons. The number of hydrogen-bond acceptors (Lipinski definition) is 3. The van der Waals surface area contributed by atoms with Crippen molar-refractivity contribution in [3.05, 3.63) is 70.8 Å². The fourth-order valence-electron chi connectivity index (χ4n) is 2.99. The van der Waals surface area contributed by atoms with Gasteiger partial charge in [-0.2, -0.15) is 5.26 Å². The summed E-state index contributed by atoms with van der Waals surface area (Å²) in [6, 6.07) is 18.5. The third-order valence-electron chi connectivity index (χ3n) is 4.32. The normalized spacial score (nSPS) is 10.4. The van der Waals surface area contributed by atoms with Crippen molar-refractivity contribution in [2.24, 2.45) is 0 Å². The van der Waals surface area contributed by atoms with E-state index < -0.39 is 0 Å².